The summed E-state index contributed by atoms with van der Waals surface area (Å²) in [5.74, 6) is 1.60. The van der Waals surface area contributed by atoms with Gasteiger partial charge in [0.2, 0.25) is 0 Å². The van der Waals surface area contributed by atoms with Gasteiger partial charge in [-0.15, -0.1) is 0 Å². The molecule has 0 bridgehead atoms. The van der Waals surface area contributed by atoms with E-state index >= 15 is 0 Å². The van der Waals surface area contributed by atoms with Gasteiger partial charge in [-0.2, -0.15) is 5.10 Å². The van der Waals surface area contributed by atoms with Crippen LogP contribution in [0, 0.1) is 5.92 Å². The third kappa shape index (κ3) is 3.59. The Morgan fingerprint density at radius 3 is 2.68 bits per heavy atom. The molecule has 0 spiro atoms. The molecule has 2 saturated carbocycles. The Morgan fingerprint density at radius 1 is 1.18 bits per heavy atom. The van der Waals surface area contributed by atoms with Crippen LogP contribution in [0.2, 0.25) is 0 Å². The molecule has 2 fully saturated rings. The largest absolute Gasteiger partial charge is 0.493 e. The second-order valence-corrected chi connectivity index (χ2v) is 7.87. The molecule has 0 aliphatic heterocycles. The van der Waals surface area contributed by atoms with Gasteiger partial charge in [0.05, 0.1) is 6.61 Å². The number of hydrogen-bond donors (Lipinski definition) is 0. The van der Waals surface area contributed by atoms with E-state index in [2.05, 4.69) is 22.2 Å². The first-order valence-corrected chi connectivity index (χ1v) is 10.1. The van der Waals surface area contributed by atoms with E-state index in [1.54, 1.807) is 16.8 Å². The topological polar surface area (TPSA) is 59.7 Å². The van der Waals surface area contributed by atoms with Crippen molar-refractivity contribution in [1.29, 1.82) is 0 Å². The molecule has 1 amide bonds. The number of amides is 1. The van der Waals surface area contributed by atoms with Crippen molar-refractivity contribution in [2.24, 2.45) is 5.92 Å². The lowest BCUT2D eigenvalue weighted by Crippen LogP contribution is -2.32. The first-order chi connectivity index (χ1) is 13.8. The Hall–Kier alpha value is -2.89. The number of fused-ring (bicyclic) bond motifs is 1. The number of nitrogens with zero attached hydrogens (tertiary/aromatic N) is 4. The Kier molecular flexibility index (Phi) is 4.47. The fourth-order valence-corrected chi connectivity index (χ4v) is 3.60. The number of aromatic nitrogens is 3. The van der Waals surface area contributed by atoms with Crippen molar-refractivity contribution in [3.8, 4) is 5.75 Å². The Balaban J connectivity index is 1.28. The Bertz CT molecular complexity index is 941. The molecular weight excluding hydrogens is 352 g/mol. The maximum absolute atomic E-state index is 13.1. The van der Waals surface area contributed by atoms with E-state index in [1.807, 2.05) is 29.3 Å². The maximum Gasteiger partial charge on any atom is 0.275 e. The first kappa shape index (κ1) is 17.2. The summed E-state index contributed by atoms with van der Waals surface area (Å²) in [4.78, 5) is 19.3. The molecule has 3 aromatic rings. The summed E-state index contributed by atoms with van der Waals surface area (Å²) >= 11 is 0. The standard InChI is InChI=1S/C22H24N4O2/c27-22(20-13-21-23-11-2-12-26(21)24-20)25(18-7-8-18)14-16-5-9-19(10-6-16)28-15-17-3-1-4-17/h2,5-6,9-13,17-18H,1,3-4,7-8,14-15H2. The van der Waals surface area contributed by atoms with Crippen molar-refractivity contribution in [2.75, 3.05) is 6.61 Å². The summed E-state index contributed by atoms with van der Waals surface area (Å²) in [7, 11) is 0. The Morgan fingerprint density at radius 2 is 2.00 bits per heavy atom. The number of ether oxygens (including phenoxy) is 1. The Labute approximate surface area is 164 Å². The minimum atomic E-state index is -0.0293. The van der Waals surface area contributed by atoms with Gasteiger partial charge >= 0.3 is 0 Å². The first-order valence-electron chi connectivity index (χ1n) is 10.1. The van der Waals surface area contributed by atoms with E-state index in [-0.39, 0.29) is 5.91 Å². The molecule has 6 nitrogen and oxygen atoms in total. The summed E-state index contributed by atoms with van der Waals surface area (Å²) in [5, 5.41) is 4.40. The SMILES string of the molecule is O=C(c1cc2ncccn2n1)N(Cc1ccc(OCC2CCC2)cc1)C1CC1. The van der Waals surface area contributed by atoms with Crippen molar-refractivity contribution in [3.05, 3.63) is 60.0 Å². The lowest BCUT2D eigenvalue weighted by Gasteiger charge is -2.25. The maximum atomic E-state index is 13.1. The van der Waals surface area contributed by atoms with Crippen molar-refractivity contribution in [1.82, 2.24) is 19.5 Å². The van der Waals surface area contributed by atoms with E-state index in [9.17, 15) is 4.79 Å². The van der Waals surface area contributed by atoms with Gasteiger partial charge in [0.15, 0.2) is 11.3 Å². The number of carbonyl (C=O) groups excluding carboxylic acids is 1. The van der Waals surface area contributed by atoms with Crippen molar-refractivity contribution in [2.45, 2.75) is 44.7 Å². The molecule has 0 saturated heterocycles. The van der Waals surface area contributed by atoms with Crippen molar-refractivity contribution in [3.63, 3.8) is 0 Å². The molecule has 2 heterocycles. The van der Waals surface area contributed by atoms with Crippen LogP contribution in [0.1, 0.15) is 48.2 Å². The van der Waals surface area contributed by atoms with Crippen LogP contribution in [0.5, 0.6) is 5.75 Å². The molecule has 2 aliphatic carbocycles. The molecule has 2 aliphatic rings. The van der Waals surface area contributed by atoms with Crippen LogP contribution in [0.4, 0.5) is 0 Å². The lowest BCUT2D eigenvalue weighted by molar-refractivity contribution is 0.0723. The fourth-order valence-electron chi connectivity index (χ4n) is 3.60. The number of benzene rings is 1. The number of carbonyl (C=O) groups is 1. The highest BCUT2D eigenvalue weighted by atomic mass is 16.5. The summed E-state index contributed by atoms with van der Waals surface area (Å²) in [5.41, 5.74) is 2.25. The molecule has 6 heteroatoms. The molecular formula is C22H24N4O2. The minimum absolute atomic E-state index is 0.0293. The van der Waals surface area contributed by atoms with Gasteiger partial charge in [0.25, 0.3) is 5.91 Å². The zero-order chi connectivity index (χ0) is 18.9. The van der Waals surface area contributed by atoms with Gasteiger partial charge in [0, 0.05) is 31.0 Å². The number of hydrogen-bond acceptors (Lipinski definition) is 4. The van der Waals surface area contributed by atoms with Gasteiger partial charge in [-0.25, -0.2) is 9.50 Å². The van der Waals surface area contributed by atoms with Crippen LogP contribution in [-0.4, -0.2) is 38.1 Å². The second-order valence-electron chi connectivity index (χ2n) is 7.87. The average Bonchev–Trinajstić information content (AvgIpc) is 3.43. The summed E-state index contributed by atoms with van der Waals surface area (Å²) < 4.78 is 7.53. The number of rotatable bonds is 7. The van der Waals surface area contributed by atoms with Gasteiger partial charge < -0.3 is 9.64 Å². The summed E-state index contributed by atoms with van der Waals surface area (Å²) in [6.07, 6.45) is 9.53. The van der Waals surface area contributed by atoms with Gasteiger partial charge in [-0.05, 0) is 55.4 Å². The third-order valence-electron chi connectivity index (χ3n) is 5.69. The van der Waals surface area contributed by atoms with E-state index < -0.39 is 0 Å². The second kappa shape index (κ2) is 7.26. The van der Waals surface area contributed by atoms with Crippen LogP contribution in [0.15, 0.2) is 48.8 Å². The fraction of sp³-hybridized carbons (Fsp3) is 0.409. The monoisotopic (exact) mass is 376 g/mol. The summed E-state index contributed by atoms with van der Waals surface area (Å²) in [6.45, 7) is 1.40. The quantitative estimate of drug-likeness (QED) is 0.631. The van der Waals surface area contributed by atoms with Crippen LogP contribution in [0.3, 0.4) is 0 Å². The predicted octanol–water partition coefficient (Wildman–Crippen LogP) is 3.71. The lowest BCUT2D eigenvalue weighted by atomic mass is 9.86. The molecule has 144 valence electrons. The van der Waals surface area contributed by atoms with Crippen LogP contribution in [0.25, 0.3) is 5.65 Å². The van der Waals surface area contributed by atoms with Crippen LogP contribution < -0.4 is 4.74 Å². The molecule has 0 radical (unpaired) electrons. The van der Waals surface area contributed by atoms with E-state index in [0.717, 1.165) is 36.7 Å². The third-order valence-corrected chi connectivity index (χ3v) is 5.69. The van der Waals surface area contributed by atoms with E-state index in [1.165, 1.54) is 19.3 Å². The normalized spacial score (nSPS) is 16.7. The highest BCUT2D eigenvalue weighted by Crippen LogP contribution is 2.30. The molecule has 28 heavy (non-hydrogen) atoms. The molecule has 0 unspecified atom stereocenters. The zero-order valence-electron chi connectivity index (χ0n) is 15.8. The van der Waals surface area contributed by atoms with Crippen molar-refractivity contribution < 1.29 is 9.53 Å². The molecule has 0 N–H and O–H groups in total. The highest BCUT2D eigenvalue weighted by molar-refractivity contribution is 5.93. The van der Waals surface area contributed by atoms with Crippen LogP contribution in [-0.2, 0) is 6.54 Å². The molecule has 0 atom stereocenters. The summed E-state index contributed by atoms with van der Waals surface area (Å²) in [6, 6.07) is 12.0. The zero-order valence-corrected chi connectivity index (χ0v) is 15.8. The van der Waals surface area contributed by atoms with Crippen molar-refractivity contribution >= 4 is 11.6 Å². The van der Waals surface area contributed by atoms with Gasteiger partial charge in [0.1, 0.15) is 5.75 Å². The molecule has 1 aromatic carbocycles. The smallest absolute Gasteiger partial charge is 0.275 e. The predicted molar refractivity (Wildman–Crippen MR) is 105 cm³/mol. The molecule has 5 rings (SSSR count). The van der Waals surface area contributed by atoms with Gasteiger partial charge in [-0.3, -0.25) is 4.79 Å². The average molecular weight is 376 g/mol. The highest BCUT2D eigenvalue weighted by Gasteiger charge is 2.34. The minimum Gasteiger partial charge on any atom is -0.493 e. The van der Waals surface area contributed by atoms with E-state index in [4.69, 9.17) is 4.74 Å². The van der Waals surface area contributed by atoms with Crippen LogP contribution >= 0.6 is 0 Å². The molecule has 2 aromatic heterocycles. The van der Waals surface area contributed by atoms with Gasteiger partial charge in [-0.1, -0.05) is 18.6 Å². The van der Waals surface area contributed by atoms with E-state index in [0.29, 0.717) is 23.9 Å².